The molecule has 1 atom stereocenters. The normalized spacial score (nSPS) is 15.5. The molecule has 1 heterocycles. The number of hydrogen-bond donors (Lipinski definition) is 1. The van der Waals surface area contributed by atoms with Crippen molar-refractivity contribution in [3.63, 3.8) is 0 Å². The summed E-state index contributed by atoms with van der Waals surface area (Å²) in [6.45, 7) is 1.68. The topological polar surface area (TPSA) is 132 Å². The van der Waals surface area contributed by atoms with Crippen molar-refractivity contribution in [3.05, 3.63) is 87.9 Å². The molecule has 2 aromatic carbocycles. The fourth-order valence-electron chi connectivity index (χ4n) is 3.91. The van der Waals surface area contributed by atoms with Crippen molar-refractivity contribution in [2.24, 2.45) is 5.73 Å². The molecule has 3 rings (SSSR count). The third-order valence-corrected chi connectivity index (χ3v) is 5.48. The lowest BCUT2D eigenvalue weighted by molar-refractivity contribution is -0.139. The molecule has 0 amide bonds. The molecule has 0 bridgehead atoms. The molecule has 34 heavy (non-hydrogen) atoms. The highest BCUT2D eigenvalue weighted by Crippen LogP contribution is 2.43. The van der Waals surface area contributed by atoms with Gasteiger partial charge in [-0.3, -0.25) is 4.90 Å². The molecule has 0 radical (unpaired) electrons. The fourth-order valence-corrected chi connectivity index (χ4v) is 3.91. The molecule has 0 aromatic heterocycles. The number of carbonyl (C=O) groups excluding carboxylic acids is 3. The van der Waals surface area contributed by atoms with Crippen LogP contribution in [0.2, 0.25) is 0 Å². The molecular weight excluding hydrogens is 438 g/mol. The lowest BCUT2D eigenvalue weighted by Gasteiger charge is -2.36. The first-order valence-corrected chi connectivity index (χ1v) is 10.1. The van der Waals surface area contributed by atoms with Crippen molar-refractivity contribution >= 4 is 23.6 Å². The summed E-state index contributed by atoms with van der Waals surface area (Å²) in [5.41, 5.74) is 7.96. The minimum Gasteiger partial charge on any atom is -0.466 e. The summed E-state index contributed by atoms with van der Waals surface area (Å²) < 4.78 is 14.8. The van der Waals surface area contributed by atoms with E-state index in [4.69, 9.17) is 19.9 Å². The van der Waals surface area contributed by atoms with Gasteiger partial charge >= 0.3 is 17.9 Å². The smallest absolute Gasteiger partial charge is 0.355 e. The number of anilines is 1. The summed E-state index contributed by atoms with van der Waals surface area (Å²) in [5, 5.41) is 10.0. The van der Waals surface area contributed by atoms with E-state index in [1.165, 1.54) is 38.4 Å². The number of nitrogens with two attached hydrogens (primary N) is 1. The van der Waals surface area contributed by atoms with Crippen LogP contribution in [0.3, 0.4) is 0 Å². The lowest BCUT2D eigenvalue weighted by atomic mass is 9.81. The van der Waals surface area contributed by atoms with Crippen LogP contribution in [0.5, 0.6) is 0 Å². The second-order valence-corrected chi connectivity index (χ2v) is 7.33. The van der Waals surface area contributed by atoms with Crippen molar-refractivity contribution in [2.45, 2.75) is 12.8 Å². The van der Waals surface area contributed by atoms with Crippen molar-refractivity contribution in [1.29, 1.82) is 5.26 Å². The number of nitriles is 1. The zero-order valence-corrected chi connectivity index (χ0v) is 19.1. The molecule has 9 heteroatoms. The Morgan fingerprint density at radius 2 is 1.56 bits per heavy atom. The Bertz CT molecular complexity index is 1260. The van der Waals surface area contributed by atoms with Crippen LogP contribution in [0.1, 0.15) is 27.4 Å². The Morgan fingerprint density at radius 1 is 0.941 bits per heavy atom. The van der Waals surface area contributed by atoms with E-state index in [0.29, 0.717) is 22.4 Å². The summed E-state index contributed by atoms with van der Waals surface area (Å²) in [5.74, 6) is -3.22. The van der Waals surface area contributed by atoms with E-state index in [-0.39, 0.29) is 22.7 Å². The Morgan fingerprint density at radius 3 is 2.09 bits per heavy atom. The second kappa shape index (κ2) is 9.92. The van der Waals surface area contributed by atoms with E-state index in [0.717, 1.165) is 0 Å². The maximum atomic E-state index is 13.0. The van der Waals surface area contributed by atoms with E-state index >= 15 is 0 Å². The maximum absolute atomic E-state index is 13.0. The van der Waals surface area contributed by atoms with Crippen molar-refractivity contribution in [3.8, 4) is 6.07 Å². The first kappa shape index (κ1) is 24.1. The zero-order chi connectivity index (χ0) is 25.0. The van der Waals surface area contributed by atoms with Gasteiger partial charge < -0.3 is 19.9 Å². The van der Waals surface area contributed by atoms with E-state index in [2.05, 4.69) is 6.07 Å². The molecule has 1 aliphatic heterocycles. The molecule has 174 valence electrons. The predicted octanol–water partition coefficient (Wildman–Crippen LogP) is 2.68. The number of ether oxygens (including phenoxy) is 3. The predicted molar refractivity (Wildman–Crippen MR) is 122 cm³/mol. The van der Waals surface area contributed by atoms with E-state index in [1.54, 1.807) is 43.3 Å². The molecule has 2 N–H and O–H groups in total. The Labute approximate surface area is 196 Å². The molecule has 0 spiro atoms. The summed E-state index contributed by atoms with van der Waals surface area (Å²) in [7, 11) is 3.62. The summed E-state index contributed by atoms with van der Waals surface area (Å²) in [4.78, 5) is 39.4. The summed E-state index contributed by atoms with van der Waals surface area (Å²) in [6, 6.07) is 15.4. The third-order valence-electron chi connectivity index (χ3n) is 5.48. The third kappa shape index (κ3) is 4.09. The second-order valence-electron chi connectivity index (χ2n) is 7.33. The quantitative estimate of drug-likeness (QED) is 0.527. The average Bonchev–Trinajstić information content (AvgIpc) is 2.86. The Hall–Kier alpha value is -4.58. The molecule has 0 saturated heterocycles. The fraction of sp³-hybridized carbons (Fsp3) is 0.200. The van der Waals surface area contributed by atoms with Gasteiger partial charge in [0.2, 0.25) is 0 Å². The van der Waals surface area contributed by atoms with Crippen molar-refractivity contribution in [2.75, 3.05) is 26.2 Å². The van der Waals surface area contributed by atoms with Gasteiger partial charge in [-0.2, -0.15) is 5.26 Å². The molecule has 2 aromatic rings. The number of carbonyl (C=O) groups is 3. The van der Waals surface area contributed by atoms with Gasteiger partial charge in [-0.1, -0.05) is 30.3 Å². The number of methoxy groups -OCH3 is 3. The molecular formula is C25H23N3O6. The Kier molecular flexibility index (Phi) is 7.02. The number of esters is 3. The van der Waals surface area contributed by atoms with Crippen LogP contribution >= 0.6 is 0 Å². The monoisotopic (exact) mass is 461 g/mol. The first-order valence-electron chi connectivity index (χ1n) is 10.1. The van der Waals surface area contributed by atoms with E-state index < -0.39 is 23.8 Å². The molecule has 1 unspecified atom stereocenters. The standard InChI is InChI=1S/C25H23N3O6/c1-14-12-16(10-11-17(14)23(29)32-2)28-21(25(31)34-4)20(24(30)33-3)19(18(13-26)22(28)27)15-8-6-5-7-9-15/h5-12,19H,27H2,1-4H3. The van der Waals surface area contributed by atoms with Crippen molar-refractivity contribution in [1.82, 2.24) is 0 Å². The number of hydrogen-bond acceptors (Lipinski definition) is 9. The highest BCUT2D eigenvalue weighted by molar-refractivity contribution is 6.06. The van der Waals surface area contributed by atoms with Gasteiger partial charge in [0.15, 0.2) is 0 Å². The highest BCUT2D eigenvalue weighted by Gasteiger charge is 2.43. The number of aryl methyl sites for hydroxylation is 1. The van der Waals surface area contributed by atoms with Gasteiger partial charge in [-0.25, -0.2) is 14.4 Å². The van der Waals surface area contributed by atoms with Gasteiger partial charge in [0, 0.05) is 5.69 Å². The summed E-state index contributed by atoms with van der Waals surface area (Å²) in [6.07, 6.45) is 0. The van der Waals surface area contributed by atoms with Crippen LogP contribution in [-0.2, 0) is 23.8 Å². The minimum absolute atomic E-state index is 0.0500. The number of nitrogens with zero attached hydrogens (tertiary/aromatic N) is 2. The largest absolute Gasteiger partial charge is 0.466 e. The van der Waals surface area contributed by atoms with Crippen LogP contribution in [0.15, 0.2) is 71.2 Å². The van der Waals surface area contributed by atoms with Crippen LogP contribution in [0, 0.1) is 18.3 Å². The number of benzene rings is 2. The number of allylic oxidation sites excluding steroid dienone is 1. The number of rotatable bonds is 5. The zero-order valence-electron chi connectivity index (χ0n) is 19.1. The van der Waals surface area contributed by atoms with E-state index in [9.17, 15) is 19.6 Å². The maximum Gasteiger partial charge on any atom is 0.355 e. The van der Waals surface area contributed by atoms with E-state index in [1.807, 2.05) is 0 Å². The lowest BCUT2D eigenvalue weighted by Crippen LogP contribution is -2.40. The van der Waals surface area contributed by atoms with Crippen LogP contribution in [0.25, 0.3) is 0 Å². The molecule has 0 aliphatic carbocycles. The molecule has 0 fully saturated rings. The van der Waals surface area contributed by atoms with Crippen LogP contribution in [0.4, 0.5) is 5.69 Å². The minimum atomic E-state index is -0.959. The molecule has 9 nitrogen and oxygen atoms in total. The molecule has 1 aliphatic rings. The molecule has 0 saturated carbocycles. The van der Waals surface area contributed by atoms with Gasteiger partial charge in [0.1, 0.15) is 11.5 Å². The first-order chi connectivity index (χ1) is 16.3. The van der Waals surface area contributed by atoms with Gasteiger partial charge in [0.05, 0.1) is 50.0 Å². The summed E-state index contributed by atoms with van der Waals surface area (Å²) >= 11 is 0. The Balaban J connectivity index is 2.37. The van der Waals surface area contributed by atoms with Gasteiger partial charge in [-0.05, 0) is 36.2 Å². The van der Waals surface area contributed by atoms with Crippen LogP contribution < -0.4 is 10.6 Å². The van der Waals surface area contributed by atoms with Crippen molar-refractivity contribution < 1.29 is 28.6 Å². The SMILES string of the molecule is COC(=O)C1=C(C(=O)OC)N(c2ccc(C(=O)OC)c(C)c2)C(N)=C(C#N)C1c1ccccc1. The average molecular weight is 461 g/mol. The van der Waals surface area contributed by atoms with Gasteiger partial charge in [-0.15, -0.1) is 0 Å². The van der Waals surface area contributed by atoms with Crippen LogP contribution in [-0.4, -0.2) is 39.2 Å². The van der Waals surface area contributed by atoms with Gasteiger partial charge in [0.25, 0.3) is 0 Å². The highest BCUT2D eigenvalue weighted by atomic mass is 16.5.